The van der Waals surface area contributed by atoms with Crippen LogP contribution >= 0.6 is 11.8 Å². The van der Waals surface area contributed by atoms with Gasteiger partial charge in [-0.05, 0) is 58.6 Å². The van der Waals surface area contributed by atoms with E-state index >= 15 is 0 Å². The van der Waals surface area contributed by atoms with Crippen molar-refractivity contribution in [3.8, 4) is 0 Å². The fraction of sp³-hybridized carbons (Fsp3) is 0.941. The Labute approximate surface area is 134 Å². The van der Waals surface area contributed by atoms with Crippen LogP contribution in [0.25, 0.3) is 0 Å². The average molecular weight is 321 g/mol. The fourth-order valence-corrected chi connectivity index (χ4v) is 3.32. The number of unbranched alkanes of at least 4 members (excludes halogenated alkanes) is 2. The molecule has 0 radical (unpaired) electrons. The smallest absolute Gasteiger partial charge is 0.319 e. The SMILES string of the molecule is CC(C)CC(SCCCCCC(C)F)C(=O)OC(C)(C)C. The number of esters is 1. The molecule has 0 aliphatic rings. The standard InChI is InChI=1S/C17H33FO2S/c1-13(2)12-15(16(19)20-17(4,5)6)21-11-9-7-8-10-14(3)18/h13-15H,7-12H2,1-6H3. The van der Waals surface area contributed by atoms with Gasteiger partial charge < -0.3 is 4.74 Å². The van der Waals surface area contributed by atoms with Crippen molar-refractivity contribution in [2.24, 2.45) is 5.92 Å². The largest absolute Gasteiger partial charge is 0.459 e. The summed E-state index contributed by atoms with van der Waals surface area (Å²) in [4.78, 5) is 12.2. The highest BCUT2D eigenvalue weighted by molar-refractivity contribution is 8.00. The molecule has 0 N–H and O–H groups in total. The molecule has 0 saturated heterocycles. The zero-order valence-electron chi connectivity index (χ0n) is 14.6. The van der Waals surface area contributed by atoms with Crippen LogP contribution in [0.2, 0.25) is 0 Å². The van der Waals surface area contributed by atoms with E-state index in [1.165, 1.54) is 0 Å². The summed E-state index contributed by atoms with van der Waals surface area (Å²) >= 11 is 1.69. The summed E-state index contributed by atoms with van der Waals surface area (Å²) in [6.07, 6.45) is 3.79. The minimum absolute atomic E-state index is 0.0793. The molecular formula is C17H33FO2S. The van der Waals surface area contributed by atoms with Crippen molar-refractivity contribution in [3.63, 3.8) is 0 Å². The molecule has 21 heavy (non-hydrogen) atoms. The number of halogens is 1. The normalized spacial score (nSPS) is 15.0. The Bertz CT molecular complexity index is 285. The van der Waals surface area contributed by atoms with Gasteiger partial charge in [0.1, 0.15) is 10.9 Å². The monoisotopic (exact) mass is 320 g/mol. The third kappa shape index (κ3) is 13.2. The third-order valence-corrected chi connectivity index (χ3v) is 4.23. The van der Waals surface area contributed by atoms with Gasteiger partial charge in [0.25, 0.3) is 0 Å². The van der Waals surface area contributed by atoms with Crippen LogP contribution in [-0.4, -0.2) is 28.7 Å². The van der Waals surface area contributed by atoms with E-state index in [1.807, 2.05) is 20.8 Å². The number of thioether (sulfide) groups is 1. The molecule has 0 aliphatic carbocycles. The van der Waals surface area contributed by atoms with E-state index in [-0.39, 0.29) is 11.2 Å². The van der Waals surface area contributed by atoms with E-state index in [2.05, 4.69) is 13.8 Å². The number of hydrogen-bond acceptors (Lipinski definition) is 3. The summed E-state index contributed by atoms with van der Waals surface area (Å²) in [5.74, 6) is 1.32. The molecule has 2 atom stereocenters. The average Bonchev–Trinajstić information content (AvgIpc) is 2.28. The van der Waals surface area contributed by atoms with E-state index in [9.17, 15) is 9.18 Å². The molecule has 0 fully saturated rings. The number of ether oxygens (including phenoxy) is 1. The number of alkyl halides is 1. The maximum Gasteiger partial charge on any atom is 0.319 e. The van der Waals surface area contributed by atoms with Crippen molar-refractivity contribution in [1.29, 1.82) is 0 Å². The second kappa shape index (κ2) is 10.5. The third-order valence-electron chi connectivity index (χ3n) is 2.92. The Morgan fingerprint density at radius 3 is 2.24 bits per heavy atom. The van der Waals surface area contributed by atoms with Gasteiger partial charge in [-0.15, -0.1) is 11.8 Å². The first kappa shape index (κ1) is 20.8. The van der Waals surface area contributed by atoms with Crippen molar-refractivity contribution >= 4 is 17.7 Å². The lowest BCUT2D eigenvalue weighted by atomic mass is 10.1. The molecule has 0 heterocycles. The van der Waals surface area contributed by atoms with Crippen molar-refractivity contribution in [1.82, 2.24) is 0 Å². The quantitative estimate of drug-likeness (QED) is 0.398. The van der Waals surface area contributed by atoms with Gasteiger partial charge in [-0.2, -0.15) is 0 Å². The highest BCUT2D eigenvalue weighted by Crippen LogP contribution is 2.24. The summed E-state index contributed by atoms with van der Waals surface area (Å²) in [6.45, 7) is 11.6. The van der Waals surface area contributed by atoms with Crippen molar-refractivity contribution in [2.45, 2.75) is 90.7 Å². The molecule has 0 aromatic carbocycles. The molecule has 0 amide bonds. The Balaban J connectivity index is 4.10. The zero-order valence-corrected chi connectivity index (χ0v) is 15.4. The fourth-order valence-electron chi connectivity index (χ4n) is 1.96. The van der Waals surface area contributed by atoms with Crippen molar-refractivity contribution < 1.29 is 13.9 Å². The zero-order chi connectivity index (χ0) is 16.5. The maximum atomic E-state index is 12.7. The highest BCUT2D eigenvalue weighted by Gasteiger charge is 2.26. The molecule has 0 aromatic rings. The minimum atomic E-state index is -0.701. The minimum Gasteiger partial charge on any atom is -0.459 e. The van der Waals surface area contributed by atoms with Crippen LogP contribution in [-0.2, 0) is 9.53 Å². The molecular weight excluding hydrogens is 287 g/mol. The Hall–Kier alpha value is -0.250. The van der Waals surface area contributed by atoms with E-state index in [4.69, 9.17) is 4.74 Å². The van der Waals surface area contributed by atoms with Crippen LogP contribution in [0.5, 0.6) is 0 Å². The van der Waals surface area contributed by atoms with Gasteiger partial charge in [0.15, 0.2) is 0 Å². The van der Waals surface area contributed by atoms with E-state index in [1.54, 1.807) is 18.7 Å². The van der Waals surface area contributed by atoms with Crippen LogP contribution in [0.1, 0.15) is 73.6 Å². The van der Waals surface area contributed by atoms with Crippen LogP contribution in [0.4, 0.5) is 4.39 Å². The summed E-state index contributed by atoms with van der Waals surface area (Å²) in [6, 6.07) is 0. The number of hydrogen-bond donors (Lipinski definition) is 0. The lowest BCUT2D eigenvalue weighted by Crippen LogP contribution is -2.31. The molecule has 4 heteroatoms. The molecule has 0 aliphatic heterocycles. The Kier molecular flexibility index (Phi) is 10.3. The molecule has 2 unspecified atom stereocenters. The van der Waals surface area contributed by atoms with E-state index < -0.39 is 11.8 Å². The Morgan fingerprint density at radius 2 is 1.76 bits per heavy atom. The van der Waals surface area contributed by atoms with Crippen LogP contribution in [0, 0.1) is 5.92 Å². The lowest BCUT2D eigenvalue weighted by molar-refractivity contribution is -0.154. The first-order valence-corrected chi connectivity index (χ1v) is 9.15. The predicted octanol–water partition coefficient (Wildman–Crippen LogP) is 5.39. The summed E-state index contributed by atoms with van der Waals surface area (Å²) in [5.41, 5.74) is -0.426. The van der Waals surface area contributed by atoms with Crippen molar-refractivity contribution in [3.05, 3.63) is 0 Å². The molecule has 126 valence electrons. The maximum absolute atomic E-state index is 12.7. The molecule has 0 saturated carbocycles. The van der Waals surface area contributed by atoms with Gasteiger partial charge in [-0.25, -0.2) is 4.39 Å². The lowest BCUT2D eigenvalue weighted by Gasteiger charge is -2.24. The second-order valence-corrected chi connectivity index (χ2v) is 8.46. The van der Waals surface area contributed by atoms with Crippen molar-refractivity contribution in [2.75, 3.05) is 5.75 Å². The van der Waals surface area contributed by atoms with E-state index in [0.717, 1.165) is 31.4 Å². The molecule has 0 spiro atoms. The van der Waals surface area contributed by atoms with Gasteiger partial charge in [0.05, 0.1) is 6.17 Å². The predicted molar refractivity (Wildman–Crippen MR) is 90.6 cm³/mol. The van der Waals surface area contributed by atoms with Gasteiger partial charge in [-0.1, -0.05) is 26.7 Å². The summed E-state index contributed by atoms with van der Waals surface area (Å²) in [5, 5.41) is -0.0793. The second-order valence-electron chi connectivity index (χ2n) is 7.15. The van der Waals surface area contributed by atoms with Crippen LogP contribution < -0.4 is 0 Å². The number of carbonyl (C=O) groups is 1. The molecule has 0 bridgehead atoms. The first-order valence-electron chi connectivity index (χ1n) is 8.10. The first-order chi connectivity index (χ1) is 9.61. The topological polar surface area (TPSA) is 26.3 Å². The molecule has 0 rings (SSSR count). The molecule has 0 aromatic heterocycles. The van der Waals surface area contributed by atoms with Crippen LogP contribution in [0.3, 0.4) is 0 Å². The van der Waals surface area contributed by atoms with Gasteiger partial charge >= 0.3 is 5.97 Å². The van der Waals surface area contributed by atoms with Gasteiger partial charge in [0.2, 0.25) is 0 Å². The van der Waals surface area contributed by atoms with Gasteiger partial charge in [0, 0.05) is 0 Å². The highest BCUT2D eigenvalue weighted by atomic mass is 32.2. The molecule has 2 nitrogen and oxygen atoms in total. The number of carbonyl (C=O) groups excluding carboxylic acids is 1. The Morgan fingerprint density at radius 1 is 1.14 bits per heavy atom. The van der Waals surface area contributed by atoms with Gasteiger partial charge in [-0.3, -0.25) is 4.79 Å². The van der Waals surface area contributed by atoms with Crippen LogP contribution in [0.15, 0.2) is 0 Å². The summed E-state index contributed by atoms with van der Waals surface area (Å²) < 4.78 is 18.2. The van der Waals surface area contributed by atoms with E-state index in [0.29, 0.717) is 12.3 Å². The summed E-state index contributed by atoms with van der Waals surface area (Å²) in [7, 11) is 0. The number of rotatable bonds is 10.